The maximum Gasteiger partial charge on any atom is 0.341 e. The SMILES string of the molecule is CCOC(=O)C1(C)OC1(CC)c1ccccc1. The second-order valence-electron chi connectivity index (χ2n) is 4.40. The van der Waals surface area contributed by atoms with Gasteiger partial charge in [-0.2, -0.15) is 0 Å². The largest absolute Gasteiger partial charge is 0.464 e. The molecule has 1 heterocycles. The van der Waals surface area contributed by atoms with Crippen LogP contribution in [-0.4, -0.2) is 18.2 Å². The minimum atomic E-state index is -0.834. The minimum Gasteiger partial charge on any atom is -0.464 e. The number of rotatable bonds is 4. The Morgan fingerprint density at radius 3 is 2.47 bits per heavy atom. The fourth-order valence-electron chi connectivity index (χ4n) is 2.45. The number of benzene rings is 1. The molecule has 3 heteroatoms. The molecule has 0 bridgehead atoms. The number of esters is 1. The molecule has 0 amide bonds. The third-order valence-electron chi connectivity index (χ3n) is 3.51. The van der Waals surface area contributed by atoms with E-state index in [4.69, 9.17) is 9.47 Å². The molecule has 3 nitrogen and oxygen atoms in total. The van der Waals surface area contributed by atoms with E-state index in [2.05, 4.69) is 0 Å². The number of ether oxygens (including phenoxy) is 2. The first-order valence-corrected chi connectivity index (χ1v) is 6.03. The van der Waals surface area contributed by atoms with Crippen molar-refractivity contribution >= 4 is 5.97 Å². The van der Waals surface area contributed by atoms with Crippen molar-refractivity contribution in [3.8, 4) is 0 Å². The van der Waals surface area contributed by atoms with Gasteiger partial charge in [0.1, 0.15) is 5.60 Å². The quantitative estimate of drug-likeness (QED) is 0.594. The number of carbonyl (C=O) groups excluding carboxylic acids is 1. The summed E-state index contributed by atoms with van der Waals surface area (Å²) in [5.41, 5.74) is -0.308. The summed E-state index contributed by atoms with van der Waals surface area (Å²) >= 11 is 0. The first-order chi connectivity index (χ1) is 8.10. The van der Waals surface area contributed by atoms with Crippen LogP contribution in [0.4, 0.5) is 0 Å². The van der Waals surface area contributed by atoms with Gasteiger partial charge in [-0.25, -0.2) is 4.79 Å². The molecular formula is C14H18O3. The normalized spacial score (nSPS) is 31.0. The molecule has 0 N–H and O–H groups in total. The molecule has 2 rings (SSSR count). The van der Waals surface area contributed by atoms with E-state index in [1.165, 1.54) is 0 Å². The summed E-state index contributed by atoms with van der Waals surface area (Å²) in [6.45, 7) is 6.02. The molecule has 1 aliphatic rings. The number of hydrogen-bond acceptors (Lipinski definition) is 3. The average Bonchev–Trinajstić information content (AvgIpc) is 3.00. The van der Waals surface area contributed by atoms with Crippen molar-refractivity contribution in [2.75, 3.05) is 6.61 Å². The first kappa shape index (κ1) is 12.1. The van der Waals surface area contributed by atoms with E-state index >= 15 is 0 Å². The lowest BCUT2D eigenvalue weighted by Gasteiger charge is -2.14. The Balaban J connectivity index is 2.29. The lowest BCUT2D eigenvalue weighted by molar-refractivity contribution is -0.148. The minimum absolute atomic E-state index is 0.272. The van der Waals surface area contributed by atoms with Crippen molar-refractivity contribution in [3.63, 3.8) is 0 Å². The van der Waals surface area contributed by atoms with Crippen LogP contribution in [0.3, 0.4) is 0 Å². The molecule has 1 saturated heterocycles. The molecule has 1 aromatic carbocycles. The summed E-state index contributed by atoms with van der Waals surface area (Å²) in [5, 5.41) is 0. The zero-order valence-electron chi connectivity index (χ0n) is 10.5. The van der Waals surface area contributed by atoms with Crippen molar-refractivity contribution in [2.24, 2.45) is 0 Å². The van der Waals surface area contributed by atoms with Crippen molar-refractivity contribution < 1.29 is 14.3 Å². The van der Waals surface area contributed by atoms with E-state index in [-0.39, 0.29) is 5.97 Å². The summed E-state index contributed by atoms with van der Waals surface area (Å²) in [5.74, 6) is -0.272. The lowest BCUT2D eigenvalue weighted by atomic mass is 9.85. The van der Waals surface area contributed by atoms with Gasteiger partial charge < -0.3 is 9.47 Å². The average molecular weight is 234 g/mol. The molecular weight excluding hydrogens is 216 g/mol. The molecule has 1 aliphatic heterocycles. The third kappa shape index (κ3) is 1.65. The van der Waals surface area contributed by atoms with Gasteiger partial charge in [0.05, 0.1) is 6.61 Å². The maximum atomic E-state index is 11.9. The van der Waals surface area contributed by atoms with Gasteiger partial charge in [0, 0.05) is 0 Å². The van der Waals surface area contributed by atoms with E-state index < -0.39 is 11.2 Å². The number of hydrogen-bond donors (Lipinski definition) is 0. The highest BCUT2D eigenvalue weighted by molar-refractivity contribution is 5.85. The highest BCUT2D eigenvalue weighted by atomic mass is 16.7. The van der Waals surface area contributed by atoms with Crippen molar-refractivity contribution in [3.05, 3.63) is 35.9 Å². The summed E-state index contributed by atoms with van der Waals surface area (Å²) in [7, 11) is 0. The number of carbonyl (C=O) groups is 1. The first-order valence-electron chi connectivity index (χ1n) is 6.03. The van der Waals surface area contributed by atoms with Crippen LogP contribution in [0.15, 0.2) is 30.3 Å². The third-order valence-corrected chi connectivity index (χ3v) is 3.51. The predicted octanol–water partition coefficient (Wildman–Crippen LogP) is 2.64. The number of epoxide rings is 1. The van der Waals surface area contributed by atoms with E-state index in [9.17, 15) is 4.79 Å². The van der Waals surface area contributed by atoms with E-state index in [1.54, 1.807) is 6.92 Å². The Hall–Kier alpha value is -1.35. The van der Waals surface area contributed by atoms with Gasteiger partial charge in [-0.1, -0.05) is 37.3 Å². The molecule has 0 saturated carbocycles. The molecule has 0 aliphatic carbocycles. The van der Waals surface area contributed by atoms with Gasteiger partial charge in [0.25, 0.3) is 0 Å². The highest BCUT2D eigenvalue weighted by Crippen LogP contribution is 2.58. The van der Waals surface area contributed by atoms with Crippen LogP contribution in [0, 0.1) is 0 Å². The molecule has 17 heavy (non-hydrogen) atoms. The fourth-order valence-corrected chi connectivity index (χ4v) is 2.45. The predicted molar refractivity (Wildman–Crippen MR) is 64.5 cm³/mol. The summed E-state index contributed by atoms with van der Waals surface area (Å²) in [6.07, 6.45) is 0.756. The smallest absolute Gasteiger partial charge is 0.341 e. The molecule has 0 radical (unpaired) electrons. The molecule has 2 atom stereocenters. The van der Waals surface area contributed by atoms with Crippen molar-refractivity contribution in [2.45, 2.75) is 38.4 Å². The maximum absolute atomic E-state index is 11.9. The van der Waals surface area contributed by atoms with Crippen LogP contribution in [0.25, 0.3) is 0 Å². The molecule has 2 unspecified atom stereocenters. The second-order valence-corrected chi connectivity index (χ2v) is 4.40. The van der Waals surface area contributed by atoms with Crippen molar-refractivity contribution in [1.29, 1.82) is 0 Å². The summed E-state index contributed by atoms with van der Waals surface area (Å²) in [4.78, 5) is 11.9. The van der Waals surface area contributed by atoms with Gasteiger partial charge in [-0.05, 0) is 25.8 Å². The van der Waals surface area contributed by atoms with Gasteiger partial charge in [-0.3, -0.25) is 0 Å². The zero-order chi connectivity index (χ0) is 12.5. The Labute approximate surface area is 102 Å². The molecule has 0 aromatic heterocycles. The van der Waals surface area contributed by atoms with Gasteiger partial charge in [0.2, 0.25) is 0 Å². The van der Waals surface area contributed by atoms with Crippen LogP contribution in [0.2, 0.25) is 0 Å². The van der Waals surface area contributed by atoms with Crippen LogP contribution >= 0.6 is 0 Å². The van der Waals surface area contributed by atoms with E-state index in [1.807, 2.05) is 44.2 Å². The van der Waals surface area contributed by atoms with Crippen LogP contribution < -0.4 is 0 Å². The van der Waals surface area contributed by atoms with E-state index in [0.29, 0.717) is 6.61 Å². The second kappa shape index (κ2) is 4.15. The standard InChI is InChI=1S/C14H18O3/c1-4-14(11-9-7-6-8-10-11)13(3,17-14)12(15)16-5-2/h6-10H,4-5H2,1-3H3. The topological polar surface area (TPSA) is 38.8 Å². The Morgan fingerprint density at radius 1 is 1.29 bits per heavy atom. The van der Waals surface area contributed by atoms with Gasteiger partial charge in [-0.15, -0.1) is 0 Å². The molecule has 1 aromatic rings. The summed E-state index contributed by atoms with van der Waals surface area (Å²) < 4.78 is 10.9. The van der Waals surface area contributed by atoms with E-state index in [0.717, 1.165) is 12.0 Å². The zero-order valence-corrected chi connectivity index (χ0v) is 10.5. The van der Waals surface area contributed by atoms with Crippen LogP contribution in [0.5, 0.6) is 0 Å². The Bertz CT molecular complexity index is 415. The van der Waals surface area contributed by atoms with Crippen LogP contribution in [0.1, 0.15) is 32.8 Å². The van der Waals surface area contributed by atoms with Crippen molar-refractivity contribution in [1.82, 2.24) is 0 Å². The van der Waals surface area contributed by atoms with Gasteiger partial charge in [0.15, 0.2) is 5.60 Å². The molecule has 0 spiro atoms. The lowest BCUT2D eigenvalue weighted by Crippen LogP contribution is -2.31. The fraction of sp³-hybridized carbons (Fsp3) is 0.500. The highest BCUT2D eigenvalue weighted by Gasteiger charge is 2.72. The monoisotopic (exact) mass is 234 g/mol. The Kier molecular flexibility index (Phi) is 2.96. The van der Waals surface area contributed by atoms with Crippen LogP contribution in [-0.2, 0) is 19.9 Å². The summed E-state index contributed by atoms with van der Waals surface area (Å²) in [6, 6.07) is 9.86. The van der Waals surface area contributed by atoms with Gasteiger partial charge >= 0.3 is 5.97 Å². The Morgan fingerprint density at radius 2 is 1.94 bits per heavy atom. The molecule has 1 fully saturated rings. The molecule has 92 valence electrons.